The Bertz CT molecular complexity index is 732. The molecule has 0 saturated heterocycles. The second-order valence-corrected chi connectivity index (χ2v) is 6.20. The van der Waals surface area contributed by atoms with Crippen molar-refractivity contribution in [3.63, 3.8) is 0 Å². The van der Waals surface area contributed by atoms with Gasteiger partial charge in [-0.15, -0.1) is 0 Å². The summed E-state index contributed by atoms with van der Waals surface area (Å²) in [6, 6.07) is 8.99. The Morgan fingerprint density at radius 1 is 1.29 bits per heavy atom. The third-order valence-corrected chi connectivity index (χ3v) is 4.23. The molecule has 0 unspecified atom stereocenters. The number of rotatable bonds is 6. The van der Waals surface area contributed by atoms with Gasteiger partial charge in [0.15, 0.2) is 6.61 Å². The number of aryl methyl sites for hydroxylation is 1. The van der Waals surface area contributed by atoms with Crippen LogP contribution in [-0.2, 0) is 9.53 Å². The highest BCUT2D eigenvalue weighted by Gasteiger charge is 2.29. The fourth-order valence-electron chi connectivity index (χ4n) is 2.60. The lowest BCUT2D eigenvalue weighted by atomic mass is 10.2. The zero-order valence-corrected chi connectivity index (χ0v) is 13.9. The van der Waals surface area contributed by atoms with Crippen molar-refractivity contribution >= 4 is 11.9 Å². The second kappa shape index (κ2) is 6.86. The number of nitrogens with zero attached hydrogens (tertiary/aromatic N) is 2. The van der Waals surface area contributed by atoms with Gasteiger partial charge in [-0.25, -0.2) is 9.48 Å². The van der Waals surface area contributed by atoms with Crippen LogP contribution in [0.5, 0.6) is 0 Å². The summed E-state index contributed by atoms with van der Waals surface area (Å²) in [5.41, 5.74) is 2.28. The summed E-state index contributed by atoms with van der Waals surface area (Å²) in [4.78, 5) is 23.8. The molecule has 1 amide bonds. The molecule has 0 spiro atoms. The molecule has 1 heterocycles. The molecule has 24 heavy (non-hydrogen) atoms. The number of carbonyl (C=O) groups excluding carboxylic acids is 2. The van der Waals surface area contributed by atoms with E-state index in [0.29, 0.717) is 11.5 Å². The third kappa shape index (κ3) is 3.82. The molecule has 1 aliphatic carbocycles. The Balaban J connectivity index is 1.53. The van der Waals surface area contributed by atoms with Gasteiger partial charge in [-0.1, -0.05) is 0 Å². The van der Waals surface area contributed by atoms with E-state index < -0.39 is 5.97 Å². The molecule has 0 bridgehead atoms. The van der Waals surface area contributed by atoms with E-state index in [0.717, 1.165) is 24.2 Å². The number of hydrogen-bond acceptors (Lipinski definition) is 4. The number of aromatic nitrogens is 2. The van der Waals surface area contributed by atoms with E-state index >= 15 is 0 Å². The molecule has 6 nitrogen and oxygen atoms in total. The van der Waals surface area contributed by atoms with Crippen LogP contribution in [0.15, 0.2) is 36.5 Å². The minimum absolute atomic E-state index is 0.146. The van der Waals surface area contributed by atoms with Gasteiger partial charge in [0.1, 0.15) is 0 Å². The maximum Gasteiger partial charge on any atom is 0.338 e. The van der Waals surface area contributed by atoms with Gasteiger partial charge >= 0.3 is 5.97 Å². The van der Waals surface area contributed by atoms with Crippen LogP contribution in [0, 0.1) is 12.8 Å². The zero-order chi connectivity index (χ0) is 17.1. The Kier molecular flexibility index (Phi) is 4.64. The van der Waals surface area contributed by atoms with Crippen molar-refractivity contribution in [3.8, 4) is 5.69 Å². The van der Waals surface area contributed by atoms with Crippen LogP contribution >= 0.6 is 0 Å². The minimum Gasteiger partial charge on any atom is -0.452 e. The van der Waals surface area contributed by atoms with Gasteiger partial charge in [0, 0.05) is 17.9 Å². The monoisotopic (exact) mass is 327 g/mol. The van der Waals surface area contributed by atoms with E-state index in [4.69, 9.17) is 4.74 Å². The Morgan fingerprint density at radius 2 is 2.00 bits per heavy atom. The fourth-order valence-corrected chi connectivity index (χ4v) is 2.60. The number of carbonyl (C=O) groups is 2. The van der Waals surface area contributed by atoms with Crippen LogP contribution in [0.1, 0.15) is 35.8 Å². The van der Waals surface area contributed by atoms with Crippen LogP contribution in [-0.4, -0.2) is 34.3 Å². The number of nitrogens with one attached hydrogen (secondary N) is 1. The van der Waals surface area contributed by atoms with Crippen molar-refractivity contribution in [1.82, 2.24) is 15.1 Å². The molecule has 1 aromatic heterocycles. The molecule has 0 radical (unpaired) electrons. The van der Waals surface area contributed by atoms with Crippen molar-refractivity contribution in [1.29, 1.82) is 0 Å². The van der Waals surface area contributed by atoms with E-state index in [2.05, 4.69) is 10.4 Å². The van der Waals surface area contributed by atoms with Crippen molar-refractivity contribution in [2.75, 3.05) is 6.61 Å². The third-order valence-electron chi connectivity index (χ3n) is 4.23. The highest BCUT2D eigenvalue weighted by molar-refractivity contribution is 5.91. The lowest BCUT2D eigenvalue weighted by Gasteiger charge is -2.12. The summed E-state index contributed by atoms with van der Waals surface area (Å²) in [6.45, 7) is 3.68. The maximum atomic E-state index is 12.0. The van der Waals surface area contributed by atoms with Crippen LogP contribution in [0.2, 0.25) is 0 Å². The summed E-state index contributed by atoms with van der Waals surface area (Å²) < 4.78 is 6.85. The van der Waals surface area contributed by atoms with Gasteiger partial charge in [0.2, 0.25) is 0 Å². The smallest absolute Gasteiger partial charge is 0.338 e. The topological polar surface area (TPSA) is 73.2 Å². The molecule has 126 valence electrons. The van der Waals surface area contributed by atoms with Crippen LogP contribution in [0.3, 0.4) is 0 Å². The van der Waals surface area contributed by atoms with E-state index in [1.807, 2.05) is 19.9 Å². The second-order valence-electron chi connectivity index (χ2n) is 6.20. The molecule has 1 aliphatic rings. The normalized spacial score (nSPS) is 14.9. The maximum absolute atomic E-state index is 12.0. The van der Waals surface area contributed by atoms with Gasteiger partial charge in [-0.05, 0) is 62.9 Å². The molecule has 1 fully saturated rings. The van der Waals surface area contributed by atoms with E-state index in [1.54, 1.807) is 35.1 Å². The molecule has 6 heteroatoms. The highest BCUT2D eigenvalue weighted by Crippen LogP contribution is 2.32. The molecule has 0 aliphatic heterocycles. The average molecular weight is 327 g/mol. The van der Waals surface area contributed by atoms with Crippen LogP contribution in [0.25, 0.3) is 5.69 Å². The molecule has 3 rings (SSSR count). The average Bonchev–Trinajstić information content (AvgIpc) is 3.35. The predicted molar refractivity (Wildman–Crippen MR) is 88.9 cm³/mol. The summed E-state index contributed by atoms with van der Waals surface area (Å²) in [5.74, 6) is -0.192. The van der Waals surface area contributed by atoms with Crippen molar-refractivity contribution in [3.05, 3.63) is 47.8 Å². The largest absolute Gasteiger partial charge is 0.452 e. The summed E-state index contributed by atoms with van der Waals surface area (Å²) in [6.07, 6.45) is 4.03. The summed E-state index contributed by atoms with van der Waals surface area (Å²) in [7, 11) is 0. The van der Waals surface area contributed by atoms with Crippen molar-refractivity contribution in [2.24, 2.45) is 5.92 Å². The molecule has 1 N–H and O–H groups in total. The number of ether oxygens (including phenoxy) is 1. The lowest BCUT2D eigenvalue weighted by Crippen LogP contribution is -2.37. The van der Waals surface area contributed by atoms with Gasteiger partial charge in [0.05, 0.1) is 11.3 Å². The highest BCUT2D eigenvalue weighted by atomic mass is 16.5. The number of amides is 1. The zero-order valence-electron chi connectivity index (χ0n) is 13.9. The quantitative estimate of drug-likeness (QED) is 0.826. The van der Waals surface area contributed by atoms with Gasteiger partial charge in [-0.3, -0.25) is 4.79 Å². The van der Waals surface area contributed by atoms with Crippen LogP contribution < -0.4 is 5.32 Å². The first kappa shape index (κ1) is 16.2. The lowest BCUT2D eigenvalue weighted by molar-refractivity contribution is -0.124. The van der Waals surface area contributed by atoms with Crippen molar-refractivity contribution < 1.29 is 14.3 Å². The van der Waals surface area contributed by atoms with Gasteiger partial charge in [-0.2, -0.15) is 5.10 Å². The fraction of sp³-hybridized carbons (Fsp3) is 0.389. The van der Waals surface area contributed by atoms with E-state index in [-0.39, 0.29) is 18.6 Å². The Labute approximate surface area is 140 Å². The summed E-state index contributed by atoms with van der Waals surface area (Å²) in [5, 5.41) is 7.07. The van der Waals surface area contributed by atoms with Crippen LogP contribution in [0.4, 0.5) is 0 Å². The first-order valence-electron chi connectivity index (χ1n) is 8.12. The Morgan fingerprint density at radius 3 is 2.58 bits per heavy atom. The molecular formula is C18H21N3O3. The first-order valence-corrected chi connectivity index (χ1v) is 8.12. The predicted octanol–water partition coefficient (Wildman–Crippen LogP) is 2.25. The minimum atomic E-state index is -0.507. The van der Waals surface area contributed by atoms with Crippen molar-refractivity contribution in [2.45, 2.75) is 32.7 Å². The van der Waals surface area contributed by atoms with E-state index in [9.17, 15) is 9.59 Å². The number of benzene rings is 1. The molecule has 1 saturated carbocycles. The standard InChI is InChI=1S/C18H21N3O3/c1-12-9-10-19-21(12)16-7-5-15(6-8-16)18(23)24-11-17(22)20-13(2)14-3-4-14/h5-10,13-14H,3-4,11H2,1-2H3,(H,20,22)/t13-/m1/s1. The molecule has 2 aromatic rings. The number of hydrogen-bond donors (Lipinski definition) is 1. The van der Waals surface area contributed by atoms with Gasteiger partial charge < -0.3 is 10.1 Å². The Hall–Kier alpha value is -2.63. The van der Waals surface area contributed by atoms with E-state index in [1.165, 1.54) is 0 Å². The summed E-state index contributed by atoms with van der Waals surface area (Å²) >= 11 is 0. The molecule has 1 aromatic carbocycles. The molecular weight excluding hydrogens is 306 g/mol. The van der Waals surface area contributed by atoms with Gasteiger partial charge in [0.25, 0.3) is 5.91 Å². The SMILES string of the molecule is Cc1ccnn1-c1ccc(C(=O)OCC(=O)N[C@H](C)C2CC2)cc1. The first-order chi connectivity index (χ1) is 11.5. The number of esters is 1. The molecule has 1 atom stereocenters.